The summed E-state index contributed by atoms with van der Waals surface area (Å²) < 4.78 is 0. The second-order valence-electron chi connectivity index (χ2n) is 5.33. The smallest absolute Gasteiger partial charge is 0.228 e. The van der Waals surface area contributed by atoms with Crippen LogP contribution in [0.1, 0.15) is 39.0 Å². The molecule has 2 rings (SSSR count). The molecule has 1 saturated carbocycles. The SMILES string of the molecule is CN(C(=O)C1(C)CCCC1)C1CCNC1. The van der Waals surface area contributed by atoms with Gasteiger partial charge in [-0.05, 0) is 25.8 Å². The molecule has 2 aliphatic rings. The van der Waals surface area contributed by atoms with E-state index in [0.29, 0.717) is 11.9 Å². The zero-order valence-electron chi connectivity index (χ0n) is 9.88. The Labute approximate surface area is 92.2 Å². The van der Waals surface area contributed by atoms with Crippen molar-refractivity contribution < 1.29 is 4.79 Å². The highest BCUT2D eigenvalue weighted by Gasteiger charge is 2.40. The summed E-state index contributed by atoms with van der Waals surface area (Å²) >= 11 is 0. The van der Waals surface area contributed by atoms with Crippen molar-refractivity contribution in [2.45, 2.75) is 45.1 Å². The number of nitrogens with one attached hydrogen (secondary N) is 1. The molecule has 1 amide bonds. The van der Waals surface area contributed by atoms with Gasteiger partial charge in [-0.25, -0.2) is 0 Å². The number of rotatable bonds is 2. The second kappa shape index (κ2) is 4.12. The van der Waals surface area contributed by atoms with Crippen molar-refractivity contribution in [2.75, 3.05) is 20.1 Å². The molecule has 1 saturated heterocycles. The van der Waals surface area contributed by atoms with Crippen LogP contribution in [-0.2, 0) is 4.79 Å². The van der Waals surface area contributed by atoms with Crippen LogP contribution in [0.3, 0.4) is 0 Å². The van der Waals surface area contributed by atoms with Crippen LogP contribution >= 0.6 is 0 Å². The topological polar surface area (TPSA) is 32.3 Å². The number of amides is 1. The molecule has 1 aliphatic heterocycles. The Morgan fingerprint density at radius 2 is 2.07 bits per heavy atom. The van der Waals surface area contributed by atoms with Gasteiger partial charge in [0, 0.05) is 25.0 Å². The van der Waals surface area contributed by atoms with Gasteiger partial charge in [0.25, 0.3) is 0 Å². The molecular weight excluding hydrogens is 188 g/mol. The molecule has 0 radical (unpaired) electrons. The van der Waals surface area contributed by atoms with Crippen molar-refractivity contribution in [3.8, 4) is 0 Å². The number of carbonyl (C=O) groups excluding carboxylic acids is 1. The van der Waals surface area contributed by atoms with Crippen LogP contribution in [-0.4, -0.2) is 37.0 Å². The fourth-order valence-electron chi connectivity index (χ4n) is 2.93. The van der Waals surface area contributed by atoms with Crippen molar-refractivity contribution >= 4 is 5.91 Å². The molecule has 2 fully saturated rings. The molecule has 3 heteroatoms. The minimum Gasteiger partial charge on any atom is -0.341 e. The molecule has 1 N–H and O–H groups in total. The molecular formula is C12H22N2O. The lowest BCUT2D eigenvalue weighted by Crippen LogP contribution is -2.45. The Balaban J connectivity index is 1.99. The summed E-state index contributed by atoms with van der Waals surface area (Å²) in [5.74, 6) is 0.369. The van der Waals surface area contributed by atoms with E-state index in [1.165, 1.54) is 12.8 Å². The second-order valence-corrected chi connectivity index (χ2v) is 5.33. The fourth-order valence-corrected chi connectivity index (χ4v) is 2.93. The maximum atomic E-state index is 12.4. The lowest BCUT2D eigenvalue weighted by atomic mass is 9.87. The van der Waals surface area contributed by atoms with Gasteiger partial charge in [0.1, 0.15) is 0 Å². The van der Waals surface area contributed by atoms with E-state index in [2.05, 4.69) is 12.2 Å². The standard InChI is InChI=1S/C12H22N2O/c1-12(6-3-4-7-12)11(15)14(2)10-5-8-13-9-10/h10,13H,3-9H2,1-2H3. The van der Waals surface area contributed by atoms with Crippen LogP contribution in [0, 0.1) is 5.41 Å². The molecule has 0 aromatic rings. The van der Waals surface area contributed by atoms with Crippen molar-refractivity contribution in [1.29, 1.82) is 0 Å². The van der Waals surface area contributed by atoms with E-state index < -0.39 is 0 Å². The summed E-state index contributed by atoms with van der Waals surface area (Å²) in [7, 11) is 1.98. The van der Waals surface area contributed by atoms with E-state index in [-0.39, 0.29) is 5.41 Å². The summed E-state index contributed by atoms with van der Waals surface area (Å²) in [5, 5.41) is 3.32. The zero-order chi connectivity index (χ0) is 10.9. The minimum absolute atomic E-state index is 0.0582. The van der Waals surface area contributed by atoms with Gasteiger partial charge in [-0.1, -0.05) is 19.8 Å². The summed E-state index contributed by atoms with van der Waals surface area (Å²) in [5.41, 5.74) is -0.0582. The first-order valence-electron chi connectivity index (χ1n) is 6.11. The number of nitrogens with zero attached hydrogens (tertiary/aromatic N) is 1. The molecule has 86 valence electrons. The molecule has 3 nitrogen and oxygen atoms in total. The largest absolute Gasteiger partial charge is 0.341 e. The third-order valence-corrected chi connectivity index (χ3v) is 4.13. The fraction of sp³-hybridized carbons (Fsp3) is 0.917. The zero-order valence-corrected chi connectivity index (χ0v) is 9.88. The average Bonchev–Trinajstić information content (AvgIpc) is 2.86. The Morgan fingerprint density at radius 1 is 1.40 bits per heavy atom. The Bertz CT molecular complexity index is 240. The quantitative estimate of drug-likeness (QED) is 0.747. The third kappa shape index (κ3) is 2.03. The van der Waals surface area contributed by atoms with Crippen LogP contribution in [0.25, 0.3) is 0 Å². The Hall–Kier alpha value is -0.570. The first kappa shape index (κ1) is 10.9. The van der Waals surface area contributed by atoms with E-state index in [1.54, 1.807) is 0 Å². The molecule has 1 unspecified atom stereocenters. The van der Waals surface area contributed by atoms with Gasteiger partial charge in [-0.15, -0.1) is 0 Å². The summed E-state index contributed by atoms with van der Waals surface area (Å²) in [4.78, 5) is 14.3. The van der Waals surface area contributed by atoms with Crippen molar-refractivity contribution in [2.24, 2.45) is 5.41 Å². The maximum absolute atomic E-state index is 12.4. The number of likely N-dealkylation sites (N-methyl/N-ethyl adjacent to an activating group) is 1. The molecule has 0 aromatic heterocycles. The average molecular weight is 210 g/mol. The molecule has 15 heavy (non-hydrogen) atoms. The monoisotopic (exact) mass is 210 g/mol. The number of hydrogen-bond donors (Lipinski definition) is 1. The summed E-state index contributed by atoms with van der Waals surface area (Å²) in [6.45, 7) is 4.17. The van der Waals surface area contributed by atoms with Gasteiger partial charge in [-0.3, -0.25) is 4.79 Å². The van der Waals surface area contributed by atoms with Crippen LogP contribution in [0.2, 0.25) is 0 Å². The van der Waals surface area contributed by atoms with Crippen LogP contribution in [0.4, 0.5) is 0 Å². The summed E-state index contributed by atoms with van der Waals surface area (Å²) in [6, 6.07) is 0.426. The highest BCUT2D eigenvalue weighted by Crippen LogP contribution is 2.39. The Kier molecular flexibility index (Phi) is 3.01. The first-order valence-corrected chi connectivity index (χ1v) is 6.11. The molecule has 0 bridgehead atoms. The molecule has 1 heterocycles. The highest BCUT2D eigenvalue weighted by atomic mass is 16.2. The summed E-state index contributed by atoms with van der Waals surface area (Å²) in [6.07, 6.45) is 5.71. The van der Waals surface area contributed by atoms with Crippen molar-refractivity contribution in [3.05, 3.63) is 0 Å². The van der Waals surface area contributed by atoms with Gasteiger partial charge in [0.15, 0.2) is 0 Å². The van der Waals surface area contributed by atoms with E-state index >= 15 is 0 Å². The van der Waals surface area contributed by atoms with Crippen molar-refractivity contribution in [3.63, 3.8) is 0 Å². The van der Waals surface area contributed by atoms with Crippen molar-refractivity contribution in [1.82, 2.24) is 10.2 Å². The highest BCUT2D eigenvalue weighted by molar-refractivity contribution is 5.82. The number of hydrogen-bond acceptors (Lipinski definition) is 2. The Morgan fingerprint density at radius 3 is 2.60 bits per heavy atom. The predicted octanol–water partition coefficient (Wildman–Crippen LogP) is 1.39. The maximum Gasteiger partial charge on any atom is 0.228 e. The van der Waals surface area contributed by atoms with E-state index in [0.717, 1.165) is 32.4 Å². The number of carbonyl (C=O) groups is 1. The van der Waals surface area contributed by atoms with Crippen LogP contribution < -0.4 is 5.32 Å². The van der Waals surface area contributed by atoms with Gasteiger partial charge in [0.2, 0.25) is 5.91 Å². The predicted molar refractivity (Wildman–Crippen MR) is 60.6 cm³/mol. The minimum atomic E-state index is -0.0582. The van der Waals surface area contributed by atoms with Crippen LogP contribution in [0.15, 0.2) is 0 Å². The van der Waals surface area contributed by atoms with Gasteiger partial charge in [0.05, 0.1) is 0 Å². The lowest BCUT2D eigenvalue weighted by Gasteiger charge is -2.32. The van der Waals surface area contributed by atoms with Crippen LogP contribution in [0.5, 0.6) is 0 Å². The molecule has 0 spiro atoms. The molecule has 1 atom stereocenters. The molecule has 1 aliphatic carbocycles. The van der Waals surface area contributed by atoms with Gasteiger partial charge in [-0.2, -0.15) is 0 Å². The first-order chi connectivity index (χ1) is 7.13. The lowest BCUT2D eigenvalue weighted by molar-refractivity contribution is -0.141. The normalized spacial score (nSPS) is 29.3. The molecule has 0 aromatic carbocycles. The third-order valence-electron chi connectivity index (χ3n) is 4.13. The van der Waals surface area contributed by atoms with Gasteiger partial charge >= 0.3 is 0 Å². The van der Waals surface area contributed by atoms with E-state index in [9.17, 15) is 4.79 Å². The van der Waals surface area contributed by atoms with E-state index in [1.807, 2.05) is 11.9 Å². The van der Waals surface area contributed by atoms with Gasteiger partial charge < -0.3 is 10.2 Å². The van der Waals surface area contributed by atoms with E-state index in [4.69, 9.17) is 0 Å².